The monoisotopic (exact) mass is 301 g/mol. The summed E-state index contributed by atoms with van der Waals surface area (Å²) in [5, 5.41) is 17.9. The van der Waals surface area contributed by atoms with E-state index in [-0.39, 0.29) is 6.04 Å². The molecule has 0 aliphatic heterocycles. The quantitative estimate of drug-likeness (QED) is 0.687. The average Bonchev–Trinajstić information content (AvgIpc) is 2.29. The summed E-state index contributed by atoms with van der Waals surface area (Å²) in [6, 6.07) is -0.801. The molecule has 0 saturated heterocycles. The minimum atomic E-state index is -1.14. The molecule has 2 amide bonds. The lowest BCUT2D eigenvalue weighted by atomic mass is 9.89. The van der Waals surface area contributed by atoms with Gasteiger partial charge in [0.25, 0.3) is 0 Å². The summed E-state index contributed by atoms with van der Waals surface area (Å²) >= 11 is 0. The highest BCUT2D eigenvalue weighted by molar-refractivity contribution is 5.86. The van der Waals surface area contributed by atoms with Crippen molar-refractivity contribution in [2.24, 2.45) is 5.16 Å². The van der Waals surface area contributed by atoms with Crippen LogP contribution in [0.1, 0.15) is 40.0 Å². The number of hydrogen-bond acceptors (Lipinski definition) is 5. The van der Waals surface area contributed by atoms with Gasteiger partial charge in [-0.2, -0.15) is 0 Å². The van der Waals surface area contributed by atoms with Crippen LogP contribution in [0, 0.1) is 0 Å². The summed E-state index contributed by atoms with van der Waals surface area (Å²) in [5.74, 6) is 0. The molecule has 0 aromatic carbocycles. The van der Waals surface area contributed by atoms with Gasteiger partial charge in [-0.1, -0.05) is 5.16 Å². The number of nitrogens with one attached hydrogen (secondary N) is 2. The van der Waals surface area contributed by atoms with Gasteiger partial charge in [0.05, 0.1) is 17.8 Å². The van der Waals surface area contributed by atoms with Gasteiger partial charge in [-0.15, -0.1) is 0 Å². The summed E-state index contributed by atoms with van der Waals surface area (Å²) in [6.45, 7) is 5.30. The number of amides is 2. The number of rotatable bonds is 3. The second-order valence-corrected chi connectivity index (χ2v) is 5.89. The minimum Gasteiger partial charge on any atom is -0.465 e. The number of carbonyl (C=O) groups is 2. The van der Waals surface area contributed by atoms with Crippen LogP contribution in [0.15, 0.2) is 5.16 Å². The molecule has 0 heterocycles. The molecule has 1 rings (SSSR count). The molecule has 0 bridgehead atoms. The van der Waals surface area contributed by atoms with Crippen LogP contribution in [0.4, 0.5) is 9.59 Å². The van der Waals surface area contributed by atoms with E-state index in [0.29, 0.717) is 19.3 Å². The highest BCUT2D eigenvalue weighted by Gasteiger charge is 2.32. The Morgan fingerprint density at radius 2 is 1.95 bits per heavy atom. The molecular weight excluding hydrogens is 278 g/mol. The van der Waals surface area contributed by atoms with Gasteiger partial charge >= 0.3 is 12.2 Å². The van der Waals surface area contributed by atoms with Crippen LogP contribution < -0.4 is 10.6 Å². The van der Waals surface area contributed by atoms with Crippen molar-refractivity contribution in [3.05, 3.63) is 0 Å². The van der Waals surface area contributed by atoms with Crippen LogP contribution in [0.3, 0.4) is 0 Å². The van der Waals surface area contributed by atoms with Gasteiger partial charge in [0.15, 0.2) is 0 Å². The third-order valence-corrected chi connectivity index (χ3v) is 2.92. The molecule has 3 N–H and O–H groups in total. The fourth-order valence-corrected chi connectivity index (χ4v) is 2.18. The summed E-state index contributed by atoms with van der Waals surface area (Å²) in [4.78, 5) is 27.4. The molecule has 21 heavy (non-hydrogen) atoms. The number of oxime groups is 1. The number of carbonyl (C=O) groups excluding carboxylic acids is 1. The van der Waals surface area contributed by atoms with E-state index in [2.05, 4.69) is 15.8 Å². The highest BCUT2D eigenvalue weighted by Crippen LogP contribution is 2.18. The molecule has 2 unspecified atom stereocenters. The van der Waals surface area contributed by atoms with E-state index in [0.717, 1.165) is 5.71 Å². The standard InChI is InChI=1S/C13H23N3O5/c1-13(2,3)21-12(19)15-9-6-5-8(16-20-4)7-10(9)14-11(17)18/h9-10,14H,5-7H2,1-4H3,(H,15,19)(H,17,18)/b16-8+. The Morgan fingerprint density at radius 1 is 1.29 bits per heavy atom. The third kappa shape index (κ3) is 6.33. The molecule has 0 spiro atoms. The molecule has 1 fully saturated rings. The minimum absolute atomic E-state index is 0.341. The van der Waals surface area contributed by atoms with E-state index in [9.17, 15) is 9.59 Å². The van der Waals surface area contributed by atoms with E-state index in [1.165, 1.54) is 7.11 Å². The predicted molar refractivity (Wildman–Crippen MR) is 76.4 cm³/mol. The maximum atomic E-state index is 11.8. The zero-order valence-electron chi connectivity index (χ0n) is 12.8. The first-order valence-electron chi connectivity index (χ1n) is 6.79. The Morgan fingerprint density at radius 3 is 2.48 bits per heavy atom. The summed E-state index contributed by atoms with van der Waals surface area (Å²) in [5.41, 5.74) is 0.162. The fourth-order valence-electron chi connectivity index (χ4n) is 2.18. The van der Waals surface area contributed by atoms with Crippen LogP contribution in [-0.4, -0.2) is 47.8 Å². The van der Waals surface area contributed by atoms with Gasteiger partial charge in [0, 0.05) is 6.42 Å². The molecule has 1 saturated carbocycles. The summed E-state index contributed by atoms with van der Waals surface area (Å²) < 4.78 is 5.19. The molecule has 1 aliphatic carbocycles. The number of hydrogen-bond donors (Lipinski definition) is 3. The summed E-state index contributed by atoms with van der Waals surface area (Å²) in [6.07, 6.45) is -0.120. The SMILES string of the molecule is CO/N=C1\CCC(NC(=O)OC(C)(C)C)C(NC(=O)O)C1. The molecule has 8 heteroatoms. The van der Waals surface area contributed by atoms with Crippen LogP contribution in [-0.2, 0) is 9.57 Å². The first kappa shape index (κ1) is 17.1. The van der Waals surface area contributed by atoms with Crippen LogP contribution >= 0.6 is 0 Å². The third-order valence-electron chi connectivity index (χ3n) is 2.92. The lowest BCUT2D eigenvalue weighted by Crippen LogP contribution is -2.55. The molecule has 120 valence electrons. The van der Waals surface area contributed by atoms with Crippen molar-refractivity contribution < 1.29 is 24.3 Å². The molecule has 0 aromatic heterocycles. The van der Waals surface area contributed by atoms with E-state index >= 15 is 0 Å². The Labute approximate surface area is 123 Å². The van der Waals surface area contributed by atoms with Crippen molar-refractivity contribution in [1.29, 1.82) is 0 Å². The maximum absolute atomic E-state index is 11.8. The van der Waals surface area contributed by atoms with Crippen LogP contribution in [0.25, 0.3) is 0 Å². The van der Waals surface area contributed by atoms with E-state index in [1.54, 1.807) is 20.8 Å². The van der Waals surface area contributed by atoms with Gasteiger partial charge in [-0.3, -0.25) is 0 Å². The number of alkyl carbamates (subject to hydrolysis) is 1. The van der Waals surface area contributed by atoms with Crippen molar-refractivity contribution in [1.82, 2.24) is 10.6 Å². The zero-order valence-corrected chi connectivity index (χ0v) is 12.8. The molecular formula is C13H23N3O5. The Bertz CT molecular complexity index is 417. The van der Waals surface area contributed by atoms with E-state index in [1.807, 2.05) is 0 Å². The van der Waals surface area contributed by atoms with Crippen LogP contribution in [0.2, 0.25) is 0 Å². The number of ether oxygens (including phenoxy) is 1. The van der Waals surface area contributed by atoms with Crippen molar-refractivity contribution >= 4 is 17.9 Å². The van der Waals surface area contributed by atoms with Gasteiger partial charge in [-0.25, -0.2) is 9.59 Å². The highest BCUT2D eigenvalue weighted by atomic mass is 16.6. The Hall–Kier alpha value is -1.99. The lowest BCUT2D eigenvalue weighted by molar-refractivity contribution is 0.0486. The molecule has 0 aromatic rings. The first-order chi connectivity index (χ1) is 9.71. The first-order valence-corrected chi connectivity index (χ1v) is 6.79. The second kappa shape index (κ2) is 7.14. The number of carboxylic acid groups (broad SMARTS) is 1. The molecule has 0 radical (unpaired) electrons. The zero-order chi connectivity index (χ0) is 16.0. The molecule has 2 atom stereocenters. The Balaban J connectivity index is 2.68. The van der Waals surface area contributed by atoms with Gasteiger partial charge in [0.2, 0.25) is 0 Å². The van der Waals surface area contributed by atoms with E-state index in [4.69, 9.17) is 14.7 Å². The lowest BCUT2D eigenvalue weighted by Gasteiger charge is -2.33. The topological polar surface area (TPSA) is 109 Å². The van der Waals surface area contributed by atoms with Gasteiger partial charge in [-0.05, 0) is 33.6 Å². The molecule has 8 nitrogen and oxygen atoms in total. The second-order valence-electron chi connectivity index (χ2n) is 5.89. The maximum Gasteiger partial charge on any atom is 0.407 e. The number of nitrogens with zero attached hydrogens (tertiary/aromatic N) is 1. The van der Waals surface area contributed by atoms with Gasteiger partial charge < -0.3 is 25.3 Å². The van der Waals surface area contributed by atoms with Crippen molar-refractivity contribution in [3.8, 4) is 0 Å². The smallest absolute Gasteiger partial charge is 0.407 e. The largest absolute Gasteiger partial charge is 0.465 e. The normalized spacial score (nSPS) is 24.3. The van der Waals surface area contributed by atoms with Crippen molar-refractivity contribution in [2.45, 2.75) is 57.7 Å². The van der Waals surface area contributed by atoms with Crippen molar-refractivity contribution in [2.75, 3.05) is 7.11 Å². The van der Waals surface area contributed by atoms with E-state index < -0.39 is 23.8 Å². The Kier molecular flexibility index (Phi) is 5.80. The van der Waals surface area contributed by atoms with Crippen LogP contribution in [0.5, 0.6) is 0 Å². The predicted octanol–water partition coefficient (Wildman–Crippen LogP) is 1.70. The summed E-state index contributed by atoms with van der Waals surface area (Å²) in [7, 11) is 1.44. The molecule has 1 aliphatic rings. The van der Waals surface area contributed by atoms with Crippen molar-refractivity contribution in [3.63, 3.8) is 0 Å². The fraction of sp³-hybridized carbons (Fsp3) is 0.769. The average molecular weight is 301 g/mol. The van der Waals surface area contributed by atoms with Gasteiger partial charge in [0.1, 0.15) is 12.7 Å².